The zero-order chi connectivity index (χ0) is 21.3. The summed E-state index contributed by atoms with van der Waals surface area (Å²) in [7, 11) is 0. The van der Waals surface area contributed by atoms with Gasteiger partial charge in [0.1, 0.15) is 11.5 Å². The van der Waals surface area contributed by atoms with Crippen molar-refractivity contribution in [1.82, 2.24) is 19.6 Å². The van der Waals surface area contributed by atoms with Crippen molar-refractivity contribution in [2.45, 2.75) is 13.8 Å². The molecule has 0 aliphatic rings. The fourth-order valence-corrected chi connectivity index (χ4v) is 2.85. The van der Waals surface area contributed by atoms with Gasteiger partial charge in [-0.15, -0.1) is 0 Å². The standard InChI is InChI=1S/C21H18N4O5/c1-13-11-19(24(22-13)15-3-7-17(26)8-4-15)29-21(28)30-20-12-14(2)23-25(20)16-5-9-18(27)10-6-16/h3-12,26-27H,1-2H3. The second-order valence-electron chi connectivity index (χ2n) is 6.56. The van der Waals surface area contributed by atoms with E-state index < -0.39 is 6.16 Å². The number of benzene rings is 2. The number of phenols is 2. The van der Waals surface area contributed by atoms with Crippen molar-refractivity contribution in [1.29, 1.82) is 0 Å². The number of aromatic nitrogens is 4. The highest BCUT2D eigenvalue weighted by Crippen LogP contribution is 2.24. The van der Waals surface area contributed by atoms with Crippen molar-refractivity contribution in [3.63, 3.8) is 0 Å². The first-order valence-electron chi connectivity index (χ1n) is 9.01. The van der Waals surface area contributed by atoms with Gasteiger partial charge in [-0.25, -0.2) is 14.2 Å². The molecule has 2 aromatic heterocycles. The van der Waals surface area contributed by atoms with Crippen LogP contribution >= 0.6 is 0 Å². The van der Waals surface area contributed by atoms with Gasteiger partial charge in [-0.1, -0.05) is 0 Å². The Balaban J connectivity index is 1.57. The highest BCUT2D eigenvalue weighted by atomic mass is 16.7. The number of hydrogen-bond acceptors (Lipinski definition) is 7. The molecule has 0 amide bonds. The summed E-state index contributed by atoms with van der Waals surface area (Å²) < 4.78 is 13.6. The van der Waals surface area contributed by atoms with E-state index in [0.29, 0.717) is 22.8 Å². The number of carbonyl (C=O) groups is 1. The molecule has 9 heteroatoms. The van der Waals surface area contributed by atoms with Crippen molar-refractivity contribution in [3.05, 3.63) is 72.1 Å². The molecule has 9 nitrogen and oxygen atoms in total. The Kier molecular flexibility index (Phi) is 4.85. The molecule has 0 radical (unpaired) electrons. The molecule has 0 unspecified atom stereocenters. The van der Waals surface area contributed by atoms with Gasteiger partial charge in [-0.05, 0) is 62.4 Å². The first-order chi connectivity index (χ1) is 14.4. The van der Waals surface area contributed by atoms with Crippen molar-refractivity contribution in [3.8, 4) is 34.6 Å². The maximum atomic E-state index is 12.5. The molecule has 0 saturated carbocycles. The van der Waals surface area contributed by atoms with Gasteiger partial charge in [0.05, 0.1) is 22.8 Å². The highest BCUT2D eigenvalue weighted by molar-refractivity contribution is 5.66. The second-order valence-corrected chi connectivity index (χ2v) is 6.56. The van der Waals surface area contributed by atoms with Crippen LogP contribution in [0.5, 0.6) is 23.3 Å². The van der Waals surface area contributed by atoms with Crippen molar-refractivity contribution < 1.29 is 24.5 Å². The molecule has 0 atom stereocenters. The minimum absolute atomic E-state index is 0.113. The summed E-state index contributed by atoms with van der Waals surface area (Å²) in [6.07, 6.45) is -0.963. The Morgan fingerprint density at radius 3 is 1.47 bits per heavy atom. The average molecular weight is 406 g/mol. The third kappa shape index (κ3) is 3.95. The number of carbonyl (C=O) groups excluding carboxylic acids is 1. The molecule has 2 heterocycles. The van der Waals surface area contributed by atoms with Gasteiger partial charge < -0.3 is 19.7 Å². The van der Waals surface area contributed by atoms with Gasteiger partial charge in [0.25, 0.3) is 0 Å². The van der Waals surface area contributed by atoms with Gasteiger partial charge in [0.2, 0.25) is 11.8 Å². The second kappa shape index (κ2) is 7.63. The monoisotopic (exact) mass is 406 g/mol. The highest BCUT2D eigenvalue weighted by Gasteiger charge is 2.18. The number of nitrogens with zero attached hydrogens (tertiary/aromatic N) is 4. The van der Waals surface area contributed by atoms with Gasteiger partial charge >= 0.3 is 6.16 Å². The number of aryl methyl sites for hydroxylation is 2. The molecule has 0 spiro atoms. The largest absolute Gasteiger partial charge is 0.522 e. The van der Waals surface area contributed by atoms with Crippen LogP contribution < -0.4 is 9.47 Å². The van der Waals surface area contributed by atoms with E-state index in [1.807, 2.05) is 0 Å². The molecule has 0 bridgehead atoms. The number of aromatic hydroxyl groups is 2. The normalized spacial score (nSPS) is 10.7. The number of hydrogen-bond donors (Lipinski definition) is 2. The van der Waals surface area contributed by atoms with Gasteiger partial charge in [0.15, 0.2) is 0 Å². The summed E-state index contributed by atoms with van der Waals surface area (Å²) in [4.78, 5) is 12.5. The van der Waals surface area contributed by atoms with E-state index in [9.17, 15) is 15.0 Å². The van der Waals surface area contributed by atoms with E-state index >= 15 is 0 Å². The molecular formula is C21H18N4O5. The van der Waals surface area contributed by atoms with Crippen LogP contribution in [0.25, 0.3) is 11.4 Å². The average Bonchev–Trinajstić information content (AvgIpc) is 3.25. The Labute approximate surface area is 171 Å². The molecule has 0 aliphatic heterocycles. The molecular weight excluding hydrogens is 388 g/mol. The Bertz CT molecular complexity index is 1100. The maximum absolute atomic E-state index is 12.5. The Hall–Kier alpha value is -4.27. The van der Waals surface area contributed by atoms with Crippen LogP contribution in [-0.4, -0.2) is 35.9 Å². The van der Waals surface area contributed by atoms with Crippen LogP contribution in [0.1, 0.15) is 11.4 Å². The van der Waals surface area contributed by atoms with Crippen LogP contribution in [0.2, 0.25) is 0 Å². The summed E-state index contributed by atoms with van der Waals surface area (Å²) in [5, 5.41) is 27.6. The minimum atomic E-state index is -0.963. The molecule has 4 aromatic rings. The van der Waals surface area contributed by atoms with E-state index in [4.69, 9.17) is 9.47 Å². The minimum Gasteiger partial charge on any atom is -0.508 e. The van der Waals surface area contributed by atoms with Crippen LogP contribution in [0, 0.1) is 13.8 Å². The fraction of sp³-hybridized carbons (Fsp3) is 0.0952. The van der Waals surface area contributed by atoms with Gasteiger partial charge in [-0.3, -0.25) is 0 Å². The smallest absolute Gasteiger partial charge is 0.508 e. The predicted octanol–water partition coefficient (Wildman–Crippen LogP) is 3.66. The molecule has 0 saturated heterocycles. The van der Waals surface area contributed by atoms with Crippen LogP contribution in [0.3, 0.4) is 0 Å². The van der Waals surface area contributed by atoms with E-state index in [0.717, 1.165) is 0 Å². The molecule has 4 rings (SSSR count). The summed E-state index contributed by atoms with van der Waals surface area (Å²) in [6.45, 7) is 3.52. The van der Waals surface area contributed by atoms with E-state index in [2.05, 4.69) is 10.2 Å². The summed E-state index contributed by atoms with van der Waals surface area (Å²) in [5.74, 6) is 0.552. The maximum Gasteiger partial charge on any atom is 0.522 e. The zero-order valence-corrected chi connectivity index (χ0v) is 16.2. The van der Waals surface area contributed by atoms with Crippen molar-refractivity contribution >= 4 is 6.16 Å². The quantitative estimate of drug-likeness (QED) is 0.497. The van der Waals surface area contributed by atoms with Crippen molar-refractivity contribution in [2.24, 2.45) is 0 Å². The first kappa shape index (κ1) is 19.1. The first-order valence-corrected chi connectivity index (χ1v) is 9.01. The third-order valence-corrected chi connectivity index (χ3v) is 4.16. The molecule has 0 fully saturated rings. The van der Waals surface area contributed by atoms with Crippen LogP contribution in [0.4, 0.5) is 4.79 Å². The lowest BCUT2D eigenvalue weighted by Crippen LogP contribution is -2.17. The third-order valence-electron chi connectivity index (χ3n) is 4.16. The Morgan fingerprint density at radius 2 is 1.10 bits per heavy atom. The lowest BCUT2D eigenvalue weighted by atomic mass is 10.3. The van der Waals surface area contributed by atoms with Gasteiger partial charge in [0, 0.05) is 12.1 Å². The molecule has 2 aromatic carbocycles. The van der Waals surface area contributed by atoms with Crippen molar-refractivity contribution in [2.75, 3.05) is 0 Å². The fourth-order valence-electron chi connectivity index (χ4n) is 2.85. The number of rotatable bonds is 4. The molecule has 30 heavy (non-hydrogen) atoms. The van der Waals surface area contributed by atoms with Crippen LogP contribution in [0.15, 0.2) is 60.7 Å². The summed E-state index contributed by atoms with van der Waals surface area (Å²) in [5.41, 5.74) is 2.48. The molecule has 0 aliphatic carbocycles. The Morgan fingerprint density at radius 1 is 0.733 bits per heavy atom. The zero-order valence-electron chi connectivity index (χ0n) is 16.2. The van der Waals surface area contributed by atoms with Crippen LogP contribution in [-0.2, 0) is 0 Å². The summed E-state index contributed by atoms with van der Waals surface area (Å²) in [6, 6.07) is 15.8. The van der Waals surface area contributed by atoms with E-state index in [1.54, 1.807) is 50.2 Å². The lowest BCUT2D eigenvalue weighted by Gasteiger charge is -2.09. The van der Waals surface area contributed by atoms with E-state index in [1.165, 1.54) is 33.6 Å². The van der Waals surface area contributed by atoms with E-state index in [-0.39, 0.29) is 23.3 Å². The van der Waals surface area contributed by atoms with Gasteiger partial charge in [-0.2, -0.15) is 10.2 Å². The predicted molar refractivity (Wildman–Crippen MR) is 107 cm³/mol. The lowest BCUT2D eigenvalue weighted by molar-refractivity contribution is 0.145. The summed E-state index contributed by atoms with van der Waals surface area (Å²) >= 11 is 0. The molecule has 152 valence electrons. The number of ether oxygens (including phenoxy) is 2. The molecule has 2 N–H and O–H groups in total. The number of phenolic OH excluding ortho intramolecular Hbond substituents is 2. The SMILES string of the molecule is Cc1cc(OC(=O)Oc2cc(C)nn2-c2ccc(O)cc2)n(-c2ccc(O)cc2)n1. The topological polar surface area (TPSA) is 112 Å².